The second-order valence-corrected chi connectivity index (χ2v) is 6.80. The van der Waals surface area contributed by atoms with Gasteiger partial charge < -0.3 is 14.8 Å². The molecule has 3 amide bonds. The summed E-state index contributed by atoms with van der Waals surface area (Å²) < 4.78 is 34.3. The molecule has 142 valence electrons. The molecule has 0 bridgehead atoms. The summed E-state index contributed by atoms with van der Waals surface area (Å²) in [5, 5.41) is 2.89. The molecule has 8 heteroatoms. The van der Waals surface area contributed by atoms with Crippen molar-refractivity contribution in [3.05, 3.63) is 23.8 Å². The number of benzene rings is 1. The van der Waals surface area contributed by atoms with E-state index >= 15 is 0 Å². The van der Waals surface area contributed by atoms with Crippen molar-refractivity contribution in [1.29, 1.82) is 0 Å². The van der Waals surface area contributed by atoms with Gasteiger partial charge >= 0.3 is 12.6 Å². The van der Waals surface area contributed by atoms with E-state index in [0.29, 0.717) is 12.0 Å². The van der Waals surface area contributed by atoms with Gasteiger partial charge in [-0.2, -0.15) is 8.78 Å². The molecule has 1 N–H and O–H groups in total. The minimum absolute atomic E-state index is 0.0461. The van der Waals surface area contributed by atoms with E-state index in [2.05, 4.69) is 10.1 Å². The number of hydrogen-bond acceptors (Lipinski definition) is 4. The van der Waals surface area contributed by atoms with Gasteiger partial charge in [-0.15, -0.1) is 0 Å². The summed E-state index contributed by atoms with van der Waals surface area (Å²) in [5.74, 6) is -0.118. The lowest BCUT2D eigenvalue weighted by atomic mass is 9.73. The molecule has 0 radical (unpaired) electrons. The highest BCUT2D eigenvalue weighted by atomic mass is 19.3. The van der Waals surface area contributed by atoms with Gasteiger partial charge in [-0.25, -0.2) is 4.79 Å². The number of ether oxygens (including phenoxy) is 2. The van der Waals surface area contributed by atoms with E-state index in [9.17, 15) is 18.4 Å². The largest absolute Gasteiger partial charge is 0.493 e. The van der Waals surface area contributed by atoms with Crippen LogP contribution in [0.25, 0.3) is 0 Å². The van der Waals surface area contributed by atoms with E-state index in [4.69, 9.17) is 4.74 Å². The Kier molecular flexibility index (Phi) is 5.02. The lowest BCUT2D eigenvalue weighted by molar-refractivity contribution is -0.134. The van der Waals surface area contributed by atoms with Gasteiger partial charge in [-0.3, -0.25) is 9.69 Å². The summed E-state index contributed by atoms with van der Waals surface area (Å²) in [6, 6.07) is 3.96. The Bertz CT molecular complexity index is 712. The predicted molar refractivity (Wildman–Crippen MR) is 89.1 cm³/mol. The number of alkyl halides is 2. The van der Waals surface area contributed by atoms with Gasteiger partial charge in [-0.1, -0.05) is 25.8 Å². The van der Waals surface area contributed by atoms with Crippen LogP contribution in [0.3, 0.4) is 0 Å². The van der Waals surface area contributed by atoms with Gasteiger partial charge in [0, 0.05) is 0 Å². The molecule has 6 nitrogen and oxygen atoms in total. The second kappa shape index (κ2) is 7.09. The van der Waals surface area contributed by atoms with Gasteiger partial charge in [0.2, 0.25) is 0 Å². The summed E-state index contributed by atoms with van der Waals surface area (Å²) in [6.45, 7) is -0.932. The summed E-state index contributed by atoms with van der Waals surface area (Å²) in [7, 11) is 1.34. The van der Waals surface area contributed by atoms with Crippen LogP contribution in [0.15, 0.2) is 18.2 Å². The first-order valence-electron chi connectivity index (χ1n) is 8.63. The van der Waals surface area contributed by atoms with Crippen molar-refractivity contribution in [2.24, 2.45) is 5.92 Å². The number of carbonyl (C=O) groups excluding carboxylic acids is 2. The minimum Gasteiger partial charge on any atom is -0.493 e. The van der Waals surface area contributed by atoms with E-state index in [1.165, 1.54) is 30.2 Å². The van der Waals surface area contributed by atoms with Crippen molar-refractivity contribution in [2.45, 2.75) is 51.3 Å². The maximum absolute atomic E-state index is 13.0. The molecule has 1 saturated carbocycles. The van der Waals surface area contributed by atoms with Gasteiger partial charge in [0.1, 0.15) is 5.54 Å². The molecular weight excluding hydrogens is 346 g/mol. The Morgan fingerprint density at radius 3 is 2.73 bits per heavy atom. The fraction of sp³-hybridized carbons (Fsp3) is 0.556. The van der Waals surface area contributed by atoms with Crippen LogP contribution >= 0.6 is 0 Å². The van der Waals surface area contributed by atoms with Crippen LogP contribution in [-0.2, 0) is 11.3 Å². The number of methoxy groups -OCH3 is 1. The number of imide groups is 1. The molecular formula is C18H22F2N2O4. The van der Waals surface area contributed by atoms with Gasteiger partial charge in [0.15, 0.2) is 11.5 Å². The topological polar surface area (TPSA) is 67.9 Å². The van der Waals surface area contributed by atoms with Gasteiger partial charge in [-0.05, 0) is 36.5 Å². The zero-order valence-electron chi connectivity index (χ0n) is 14.8. The number of hydrogen-bond donors (Lipinski definition) is 1. The Balaban J connectivity index is 1.80. The Hall–Kier alpha value is -2.38. The maximum Gasteiger partial charge on any atom is 0.387 e. The Morgan fingerprint density at radius 2 is 2.08 bits per heavy atom. The lowest BCUT2D eigenvalue weighted by Crippen LogP contribution is -2.53. The van der Waals surface area contributed by atoms with Crippen LogP contribution in [0.1, 0.15) is 38.2 Å². The van der Waals surface area contributed by atoms with Crippen molar-refractivity contribution in [2.75, 3.05) is 7.11 Å². The monoisotopic (exact) mass is 368 g/mol. The Morgan fingerprint density at radius 1 is 1.31 bits per heavy atom. The highest BCUT2D eigenvalue weighted by molar-refractivity contribution is 6.07. The standard InChI is InChI=1S/C18H22F2N2O4/c1-11-5-3-4-8-18(11)15(23)22(17(24)21-18)10-12-6-7-13(26-16(19)20)14(9-12)25-2/h6-7,9,11,16H,3-5,8,10H2,1-2H3,(H,21,24)/t11-,18+/m1/s1. The molecule has 2 fully saturated rings. The molecule has 1 aliphatic carbocycles. The van der Waals surface area contributed by atoms with Crippen LogP contribution in [0.5, 0.6) is 11.5 Å². The summed E-state index contributed by atoms with van der Waals surface area (Å²) in [5.41, 5.74) is -0.231. The number of rotatable bonds is 5. The van der Waals surface area contributed by atoms with E-state index in [1.807, 2.05) is 6.92 Å². The highest BCUT2D eigenvalue weighted by Gasteiger charge is 2.54. The van der Waals surface area contributed by atoms with E-state index in [0.717, 1.165) is 19.3 Å². The SMILES string of the molecule is COc1cc(CN2C(=O)N[C@]3(CCCC[C@H]3C)C2=O)ccc1OC(F)F. The molecule has 2 atom stereocenters. The average molecular weight is 368 g/mol. The Labute approximate surface area is 150 Å². The molecule has 2 aliphatic rings. The zero-order chi connectivity index (χ0) is 18.9. The van der Waals surface area contributed by atoms with Crippen LogP contribution in [0, 0.1) is 5.92 Å². The normalized spacial score (nSPS) is 25.7. The first-order valence-corrected chi connectivity index (χ1v) is 8.63. The molecule has 1 saturated heterocycles. The van der Waals surface area contributed by atoms with Crippen LogP contribution < -0.4 is 14.8 Å². The predicted octanol–water partition coefficient (Wildman–Crippen LogP) is 3.30. The molecule has 1 aromatic carbocycles. The minimum atomic E-state index is -2.96. The van der Waals surface area contributed by atoms with Gasteiger partial charge in [0.25, 0.3) is 5.91 Å². The smallest absolute Gasteiger partial charge is 0.387 e. The number of halogens is 2. The molecule has 1 aromatic rings. The first kappa shape index (κ1) is 18.4. The highest BCUT2D eigenvalue weighted by Crippen LogP contribution is 2.39. The molecule has 3 rings (SSSR count). The summed E-state index contributed by atoms with van der Waals surface area (Å²) >= 11 is 0. The number of amides is 3. The lowest BCUT2D eigenvalue weighted by Gasteiger charge is -2.36. The number of carbonyl (C=O) groups is 2. The third kappa shape index (κ3) is 3.20. The fourth-order valence-corrected chi connectivity index (χ4v) is 3.83. The first-order chi connectivity index (χ1) is 12.4. The quantitative estimate of drug-likeness (QED) is 0.810. The number of nitrogens with one attached hydrogen (secondary N) is 1. The van der Waals surface area contributed by atoms with Crippen molar-refractivity contribution < 1.29 is 27.8 Å². The van der Waals surface area contributed by atoms with E-state index in [1.54, 1.807) is 0 Å². The molecule has 26 heavy (non-hydrogen) atoms. The van der Waals surface area contributed by atoms with Crippen molar-refractivity contribution in [3.63, 3.8) is 0 Å². The van der Waals surface area contributed by atoms with Crippen molar-refractivity contribution in [1.82, 2.24) is 10.2 Å². The van der Waals surface area contributed by atoms with Gasteiger partial charge in [0.05, 0.1) is 13.7 Å². The summed E-state index contributed by atoms with van der Waals surface area (Å²) in [4.78, 5) is 26.6. The molecule has 0 aromatic heterocycles. The molecule has 1 heterocycles. The average Bonchev–Trinajstić information content (AvgIpc) is 2.83. The third-order valence-electron chi connectivity index (χ3n) is 5.29. The summed E-state index contributed by atoms with van der Waals surface area (Å²) in [6.07, 6.45) is 3.49. The molecule has 0 unspecified atom stereocenters. The van der Waals surface area contributed by atoms with E-state index < -0.39 is 18.2 Å². The fourth-order valence-electron chi connectivity index (χ4n) is 3.83. The maximum atomic E-state index is 13.0. The van der Waals surface area contributed by atoms with Crippen LogP contribution in [0.4, 0.5) is 13.6 Å². The molecule has 1 spiro atoms. The van der Waals surface area contributed by atoms with E-state index in [-0.39, 0.29) is 29.9 Å². The second-order valence-electron chi connectivity index (χ2n) is 6.80. The number of nitrogens with zero attached hydrogens (tertiary/aromatic N) is 1. The zero-order valence-corrected chi connectivity index (χ0v) is 14.8. The van der Waals surface area contributed by atoms with Crippen molar-refractivity contribution in [3.8, 4) is 11.5 Å². The van der Waals surface area contributed by atoms with Crippen LogP contribution in [-0.4, -0.2) is 36.1 Å². The molecule has 1 aliphatic heterocycles. The number of urea groups is 1. The van der Waals surface area contributed by atoms with Crippen molar-refractivity contribution >= 4 is 11.9 Å². The van der Waals surface area contributed by atoms with Crippen LogP contribution in [0.2, 0.25) is 0 Å². The third-order valence-corrected chi connectivity index (χ3v) is 5.29.